The number of carbonyl (C=O) groups is 2. The molecule has 0 amide bonds. The van der Waals surface area contributed by atoms with Crippen LogP contribution in [0.2, 0.25) is 0 Å². The Hall–Kier alpha value is -1.64. The lowest BCUT2D eigenvalue weighted by atomic mass is 9.77. The molecule has 1 aliphatic carbocycles. The highest BCUT2D eigenvalue weighted by Crippen LogP contribution is 2.33. The number of ether oxygens (including phenoxy) is 1. The molecule has 2 rings (SSSR count). The number of rotatable bonds is 5. The van der Waals surface area contributed by atoms with E-state index in [9.17, 15) is 9.59 Å². The zero-order valence-corrected chi connectivity index (χ0v) is 12.0. The van der Waals surface area contributed by atoms with Gasteiger partial charge in [-0.2, -0.15) is 0 Å². The minimum Gasteiger partial charge on any atom is -0.469 e. The van der Waals surface area contributed by atoms with Gasteiger partial charge >= 0.3 is 5.97 Å². The van der Waals surface area contributed by atoms with E-state index in [1.807, 2.05) is 18.2 Å². The fourth-order valence-corrected chi connectivity index (χ4v) is 3.07. The van der Waals surface area contributed by atoms with Crippen molar-refractivity contribution in [3.05, 3.63) is 35.9 Å². The Balaban J connectivity index is 2.07. The van der Waals surface area contributed by atoms with E-state index in [2.05, 4.69) is 0 Å². The monoisotopic (exact) mass is 274 g/mol. The van der Waals surface area contributed by atoms with Crippen LogP contribution in [0.3, 0.4) is 0 Å². The molecule has 20 heavy (non-hydrogen) atoms. The van der Waals surface area contributed by atoms with Gasteiger partial charge in [0.15, 0.2) is 5.78 Å². The van der Waals surface area contributed by atoms with Gasteiger partial charge in [-0.15, -0.1) is 0 Å². The number of hydrogen-bond acceptors (Lipinski definition) is 3. The van der Waals surface area contributed by atoms with Crippen LogP contribution in [0.4, 0.5) is 0 Å². The van der Waals surface area contributed by atoms with Crippen LogP contribution in [0.25, 0.3) is 0 Å². The second-order valence-electron chi connectivity index (χ2n) is 5.52. The number of hydrogen-bond donors (Lipinski definition) is 0. The van der Waals surface area contributed by atoms with E-state index in [0.29, 0.717) is 11.5 Å². The summed E-state index contributed by atoms with van der Waals surface area (Å²) in [5.41, 5.74) is 0.678. The molecular formula is C17H22O3. The zero-order valence-electron chi connectivity index (χ0n) is 12.0. The molecule has 0 N–H and O–H groups in total. The van der Waals surface area contributed by atoms with E-state index < -0.39 is 0 Å². The minimum absolute atomic E-state index is 0.0339. The van der Waals surface area contributed by atoms with E-state index >= 15 is 0 Å². The summed E-state index contributed by atoms with van der Waals surface area (Å²) in [7, 11) is 1.41. The summed E-state index contributed by atoms with van der Waals surface area (Å²) < 4.78 is 4.91. The topological polar surface area (TPSA) is 43.4 Å². The highest BCUT2D eigenvalue weighted by atomic mass is 16.5. The summed E-state index contributed by atoms with van der Waals surface area (Å²) in [4.78, 5) is 24.3. The maximum Gasteiger partial charge on any atom is 0.309 e. The molecule has 1 fully saturated rings. The van der Waals surface area contributed by atoms with Crippen LogP contribution in [0, 0.1) is 11.8 Å². The summed E-state index contributed by atoms with van der Waals surface area (Å²) in [6.45, 7) is 0. The van der Waals surface area contributed by atoms with Crippen molar-refractivity contribution in [2.75, 3.05) is 7.11 Å². The Kier molecular flexibility index (Phi) is 5.33. The zero-order chi connectivity index (χ0) is 14.4. The van der Waals surface area contributed by atoms with Crippen molar-refractivity contribution in [2.45, 2.75) is 38.5 Å². The van der Waals surface area contributed by atoms with Crippen LogP contribution < -0.4 is 0 Å². The molecule has 1 saturated carbocycles. The lowest BCUT2D eigenvalue weighted by molar-refractivity contribution is -0.147. The number of esters is 1. The smallest absolute Gasteiger partial charge is 0.309 e. The van der Waals surface area contributed by atoms with E-state index in [4.69, 9.17) is 4.74 Å². The SMILES string of the molecule is COC(=O)[C@H](CC(=O)c1ccccc1)C1CCCCC1. The molecule has 3 nitrogen and oxygen atoms in total. The third-order valence-electron chi connectivity index (χ3n) is 4.22. The third-order valence-corrected chi connectivity index (χ3v) is 4.22. The molecule has 0 spiro atoms. The molecule has 3 heteroatoms. The second kappa shape index (κ2) is 7.22. The summed E-state index contributed by atoms with van der Waals surface area (Å²) in [5, 5.41) is 0. The van der Waals surface area contributed by atoms with Crippen molar-refractivity contribution >= 4 is 11.8 Å². The molecule has 0 saturated heterocycles. The molecule has 0 aliphatic heterocycles. The van der Waals surface area contributed by atoms with Crippen LogP contribution in [0.1, 0.15) is 48.9 Å². The lowest BCUT2D eigenvalue weighted by Crippen LogP contribution is -2.29. The van der Waals surface area contributed by atoms with Crippen molar-refractivity contribution in [1.82, 2.24) is 0 Å². The van der Waals surface area contributed by atoms with Gasteiger partial charge in [-0.1, -0.05) is 49.6 Å². The third kappa shape index (κ3) is 3.69. The van der Waals surface area contributed by atoms with Crippen molar-refractivity contribution in [1.29, 1.82) is 0 Å². The molecule has 108 valence electrons. The van der Waals surface area contributed by atoms with Crippen LogP contribution in [-0.2, 0) is 9.53 Å². The van der Waals surface area contributed by atoms with Gasteiger partial charge in [0.2, 0.25) is 0 Å². The van der Waals surface area contributed by atoms with E-state index in [1.165, 1.54) is 13.5 Å². The first kappa shape index (κ1) is 14.8. The predicted octanol–water partition coefficient (Wildman–Crippen LogP) is 3.63. The molecule has 0 aromatic heterocycles. The molecule has 0 unspecified atom stereocenters. The highest BCUT2D eigenvalue weighted by molar-refractivity contribution is 5.98. The van der Waals surface area contributed by atoms with Gasteiger partial charge in [-0.25, -0.2) is 0 Å². The number of carbonyl (C=O) groups excluding carboxylic acids is 2. The quantitative estimate of drug-likeness (QED) is 0.608. The Labute approximate surface area is 120 Å². The van der Waals surface area contributed by atoms with Gasteiger partial charge < -0.3 is 4.74 Å². The molecule has 1 aromatic rings. The largest absolute Gasteiger partial charge is 0.469 e. The Morgan fingerprint density at radius 1 is 1.15 bits per heavy atom. The van der Waals surface area contributed by atoms with E-state index in [-0.39, 0.29) is 24.1 Å². The standard InChI is InChI=1S/C17H22O3/c1-20-17(19)15(13-8-4-2-5-9-13)12-16(18)14-10-6-3-7-11-14/h3,6-7,10-11,13,15H,2,4-5,8-9,12H2,1H3/t15-/m1/s1. The summed E-state index contributed by atoms with van der Waals surface area (Å²) in [5.74, 6) is -0.190. The molecule has 1 aliphatic rings. The van der Waals surface area contributed by atoms with E-state index in [0.717, 1.165) is 25.7 Å². The molecule has 1 atom stereocenters. The number of Topliss-reactive ketones (excluding diaryl/α,β-unsaturated/α-hetero) is 1. The maximum atomic E-state index is 12.3. The summed E-state index contributed by atoms with van der Waals surface area (Å²) in [6, 6.07) is 9.19. The minimum atomic E-state index is -0.284. The average Bonchev–Trinajstić information content (AvgIpc) is 2.53. The predicted molar refractivity (Wildman–Crippen MR) is 77.5 cm³/mol. The Morgan fingerprint density at radius 3 is 2.40 bits per heavy atom. The van der Waals surface area contributed by atoms with Crippen molar-refractivity contribution in [2.24, 2.45) is 11.8 Å². The fourth-order valence-electron chi connectivity index (χ4n) is 3.07. The van der Waals surface area contributed by atoms with Gasteiger partial charge in [0.05, 0.1) is 13.0 Å². The highest BCUT2D eigenvalue weighted by Gasteiger charge is 2.32. The Bertz CT molecular complexity index is 447. The van der Waals surface area contributed by atoms with Crippen molar-refractivity contribution in [3.8, 4) is 0 Å². The normalized spacial score (nSPS) is 17.4. The number of methoxy groups -OCH3 is 1. The first-order valence-electron chi connectivity index (χ1n) is 7.38. The van der Waals surface area contributed by atoms with Crippen LogP contribution in [-0.4, -0.2) is 18.9 Å². The van der Waals surface area contributed by atoms with Gasteiger partial charge in [0.1, 0.15) is 0 Å². The fraction of sp³-hybridized carbons (Fsp3) is 0.529. The summed E-state index contributed by atoms with van der Waals surface area (Å²) in [6.07, 6.45) is 5.86. The van der Waals surface area contributed by atoms with Gasteiger partial charge in [-0.05, 0) is 18.8 Å². The average molecular weight is 274 g/mol. The van der Waals surface area contributed by atoms with Crippen molar-refractivity contribution in [3.63, 3.8) is 0 Å². The number of ketones is 1. The van der Waals surface area contributed by atoms with E-state index in [1.54, 1.807) is 12.1 Å². The van der Waals surface area contributed by atoms with Crippen LogP contribution in [0.15, 0.2) is 30.3 Å². The van der Waals surface area contributed by atoms with Crippen LogP contribution in [0.5, 0.6) is 0 Å². The Morgan fingerprint density at radius 2 is 1.80 bits per heavy atom. The maximum absolute atomic E-state index is 12.3. The molecule has 0 radical (unpaired) electrons. The van der Waals surface area contributed by atoms with Crippen molar-refractivity contribution < 1.29 is 14.3 Å². The first-order valence-corrected chi connectivity index (χ1v) is 7.38. The van der Waals surface area contributed by atoms with Crippen LogP contribution >= 0.6 is 0 Å². The second-order valence-corrected chi connectivity index (χ2v) is 5.52. The molecule has 0 heterocycles. The molecule has 0 bridgehead atoms. The van der Waals surface area contributed by atoms with Gasteiger partial charge in [0.25, 0.3) is 0 Å². The molecular weight excluding hydrogens is 252 g/mol. The summed E-state index contributed by atoms with van der Waals surface area (Å²) >= 11 is 0. The number of benzene rings is 1. The first-order chi connectivity index (χ1) is 9.72. The molecule has 1 aromatic carbocycles. The van der Waals surface area contributed by atoms with Gasteiger partial charge in [-0.3, -0.25) is 9.59 Å². The van der Waals surface area contributed by atoms with Gasteiger partial charge in [0, 0.05) is 12.0 Å². The lowest BCUT2D eigenvalue weighted by Gasteiger charge is -2.28.